The van der Waals surface area contributed by atoms with Gasteiger partial charge in [0.15, 0.2) is 5.37 Å². The summed E-state index contributed by atoms with van der Waals surface area (Å²) in [6, 6.07) is 0. The van der Waals surface area contributed by atoms with Crippen molar-refractivity contribution in [3.8, 4) is 0 Å². The molecule has 0 aliphatic carbocycles. The molecule has 1 atom stereocenters. The molecular formula is C12H20NNaO7S. The van der Waals surface area contributed by atoms with E-state index in [0.717, 1.165) is 6.08 Å². The van der Waals surface area contributed by atoms with E-state index in [-0.39, 0.29) is 42.8 Å². The molecule has 0 aromatic carbocycles. The molecule has 22 heavy (non-hydrogen) atoms. The number of carbonyl (C=O) groups is 2. The van der Waals surface area contributed by atoms with E-state index in [9.17, 15) is 18.0 Å². The summed E-state index contributed by atoms with van der Waals surface area (Å²) in [6.07, 6.45) is 3.00. The Hall–Kier alpha value is -0.710. The molecule has 0 aliphatic rings. The molecule has 8 nitrogen and oxygen atoms in total. The first-order valence-corrected chi connectivity index (χ1v) is 7.30. The maximum atomic E-state index is 10.7. The third-order valence-corrected chi connectivity index (χ3v) is 3.17. The second-order valence-corrected chi connectivity index (χ2v) is 5.46. The van der Waals surface area contributed by atoms with Gasteiger partial charge in [-0.05, 0) is 5.92 Å². The van der Waals surface area contributed by atoms with E-state index in [1.807, 2.05) is 6.08 Å². The minimum atomic E-state index is -4.27. The Bertz CT molecular complexity index is 462. The van der Waals surface area contributed by atoms with Crippen molar-refractivity contribution in [3.05, 3.63) is 25.3 Å². The number of amides is 1. The van der Waals surface area contributed by atoms with E-state index in [0.29, 0.717) is 0 Å². The van der Waals surface area contributed by atoms with Crippen molar-refractivity contribution in [1.29, 1.82) is 0 Å². The van der Waals surface area contributed by atoms with Crippen LogP contribution < -0.4 is 34.9 Å². The number of carbonyl (C=O) groups excluding carboxylic acids is 2. The van der Waals surface area contributed by atoms with Gasteiger partial charge in [-0.2, -0.15) is 8.42 Å². The average molecular weight is 345 g/mol. The Kier molecular flexibility index (Phi) is 16.6. The largest absolute Gasteiger partial charge is 1.00 e. The van der Waals surface area contributed by atoms with Gasteiger partial charge in [0.1, 0.15) is 6.61 Å². The standard InChI is InChI=1S/C7H12NO4S.C5H8O3.Na/c1-4-6(9)8-7(5(2)3)13(10,11)12;1-2-5(7)8-4-3-6;/h5,7H,1H2,2-3H3,(H,8,9)(H,10,11,12);2,6H,1,3-4H2;/q-1;;+1. The van der Waals surface area contributed by atoms with Crippen LogP contribution in [-0.4, -0.2) is 48.5 Å². The number of rotatable bonds is 7. The van der Waals surface area contributed by atoms with E-state index in [1.165, 1.54) is 0 Å². The van der Waals surface area contributed by atoms with Gasteiger partial charge in [-0.15, -0.1) is 0 Å². The van der Waals surface area contributed by atoms with Crippen LogP contribution in [0.3, 0.4) is 0 Å². The molecule has 0 heterocycles. The van der Waals surface area contributed by atoms with Crippen molar-refractivity contribution < 1.29 is 62.0 Å². The summed E-state index contributed by atoms with van der Waals surface area (Å²) in [6.45, 7) is 9.22. The van der Waals surface area contributed by atoms with Crippen LogP contribution in [0.5, 0.6) is 0 Å². The van der Waals surface area contributed by atoms with Crippen LogP contribution >= 0.6 is 0 Å². The van der Waals surface area contributed by atoms with Gasteiger partial charge < -0.3 is 26.0 Å². The normalized spacial score (nSPS) is 11.1. The smallest absolute Gasteiger partial charge is 0.460 e. The topological polar surface area (TPSA) is 130 Å². The molecule has 122 valence electrons. The Morgan fingerprint density at radius 1 is 1.41 bits per heavy atom. The zero-order valence-corrected chi connectivity index (χ0v) is 15.7. The molecule has 0 aromatic heterocycles. The van der Waals surface area contributed by atoms with E-state index in [2.05, 4.69) is 23.2 Å². The van der Waals surface area contributed by atoms with Crippen molar-refractivity contribution in [3.63, 3.8) is 0 Å². The van der Waals surface area contributed by atoms with Gasteiger partial charge in [0.05, 0.1) is 12.5 Å². The summed E-state index contributed by atoms with van der Waals surface area (Å²) in [7, 11) is -4.27. The zero-order chi connectivity index (χ0) is 17.1. The molecule has 0 bridgehead atoms. The van der Waals surface area contributed by atoms with Gasteiger partial charge in [0.2, 0.25) is 0 Å². The van der Waals surface area contributed by atoms with Crippen LogP contribution in [-0.2, 0) is 24.4 Å². The molecule has 0 spiro atoms. The summed E-state index contributed by atoms with van der Waals surface area (Å²) < 4.78 is 34.5. The molecule has 0 rings (SSSR count). The predicted molar refractivity (Wildman–Crippen MR) is 75.4 cm³/mol. The first-order valence-electron chi connectivity index (χ1n) is 5.80. The van der Waals surface area contributed by atoms with Gasteiger partial charge in [-0.25, -0.2) is 4.79 Å². The van der Waals surface area contributed by atoms with Crippen molar-refractivity contribution in [2.45, 2.75) is 19.2 Å². The first-order chi connectivity index (χ1) is 9.59. The molecule has 0 fully saturated rings. The average Bonchev–Trinajstić information content (AvgIpc) is 2.40. The molecule has 1 unspecified atom stereocenters. The maximum absolute atomic E-state index is 10.7. The van der Waals surface area contributed by atoms with Gasteiger partial charge in [0, 0.05) is 6.08 Å². The Morgan fingerprint density at radius 3 is 2.18 bits per heavy atom. The Balaban J connectivity index is -0.000000348. The number of esters is 1. The molecular weight excluding hydrogens is 325 g/mol. The Labute approximate surface area is 152 Å². The molecule has 0 saturated heterocycles. The molecule has 0 radical (unpaired) electrons. The summed E-state index contributed by atoms with van der Waals surface area (Å²) >= 11 is 0. The summed E-state index contributed by atoms with van der Waals surface area (Å²) in [5, 5.41) is 8.84. The monoisotopic (exact) mass is 345 g/mol. The second kappa shape index (κ2) is 13.9. The maximum Gasteiger partial charge on any atom is 1.00 e. The van der Waals surface area contributed by atoms with Gasteiger partial charge >= 0.3 is 35.5 Å². The molecule has 0 saturated carbocycles. The molecule has 10 heteroatoms. The Morgan fingerprint density at radius 2 is 1.91 bits per heavy atom. The quantitative estimate of drug-likeness (QED) is 0.145. The fourth-order valence-electron chi connectivity index (χ4n) is 0.970. The third kappa shape index (κ3) is 14.2. The molecule has 1 amide bonds. The van der Waals surface area contributed by atoms with Crippen LogP contribution in [0.4, 0.5) is 0 Å². The van der Waals surface area contributed by atoms with Crippen LogP contribution in [0.15, 0.2) is 19.2 Å². The number of aliphatic hydroxyl groups excluding tert-OH is 1. The van der Waals surface area contributed by atoms with Gasteiger partial charge in [-0.1, -0.05) is 20.4 Å². The fraction of sp³-hybridized carbons (Fsp3) is 0.500. The predicted octanol–water partition coefficient (Wildman–Crippen LogP) is -3.33. The first kappa shape index (κ1) is 26.2. The number of aliphatic hydroxyl groups is 1. The minimum absolute atomic E-state index is 0. The van der Waals surface area contributed by atoms with Crippen LogP contribution in [0, 0.1) is 12.0 Å². The summed E-state index contributed by atoms with van der Waals surface area (Å²) in [5.74, 6) is -1.68. The zero-order valence-electron chi connectivity index (χ0n) is 12.9. The van der Waals surface area contributed by atoms with Gasteiger partial charge in [0.25, 0.3) is 10.1 Å². The SMILES string of the molecule is C=CC(=O)OCCO.C=[C-]C(=O)NC(C(C)C)S(=O)(=O)O.[Na+]. The third-order valence-electron chi connectivity index (χ3n) is 1.86. The van der Waals surface area contributed by atoms with Gasteiger partial charge in [-0.3, -0.25) is 11.1 Å². The molecule has 0 aromatic rings. The number of hydrogen-bond acceptors (Lipinski definition) is 6. The fourth-order valence-corrected chi connectivity index (χ4v) is 1.91. The van der Waals surface area contributed by atoms with Crippen LogP contribution in [0.1, 0.15) is 13.8 Å². The van der Waals surface area contributed by atoms with E-state index in [4.69, 9.17) is 9.66 Å². The van der Waals surface area contributed by atoms with Crippen LogP contribution in [0.25, 0.3) is 0 Å². The number of ether oxygens (including phenoxy) is 1. The molecule has 0 aliphatic heterocycles. The number of nitrogens with one attached hydrogen (secondary N) is 1. The molecule has 3 N–H and O–H groups in total. The second-order valence-electron chi connectivity index (χ2n) is 3.93. The van der Waals surface area contributed by atoms with E-state index in [1.54, 1.807) is 13.8 Å². The summed E-state index contributed by atoms with van der Waals surface area (Å²) in [5.41, 5.74) is 0. The van der Waals surface area contributed by atoms with E-state index >= 15 is 0 Å². The van der Waals surface area contributed by atoms with Crippen molar-refractivity contribution in [2.24, 2.45) is 5.92 Å². The van der Waals surface area contributed by atoms with Crippen molar-refractivity contribution in [2.75, 3.05) is 13.2 Å². The van der Waals surface area contributed by atoms with Crippen molar-refractivity contribution >= 4 is 22.0 Å². The van der Waals surface area contributed by atoms with Crippen molar-refractivity contribution in [1.82, 2.24) is 5.32 Å². The summed E-state index contributed by atoms with van der Waals surface area (Å²) in [4.78, 5) is 20.8. The van der Waals surface area contributed by atoms with Crippen LogP contribution in [0.2, 0.25) is 0 Å². The van der Waals surface area contributed by atoms with E-state index < -0.39 is 33.3 Å². The number of hydrogen-bond donors (Lipinski definition) is 3. The minimum Gasteiger partial charge on any atom is -0.460 e.